The summed E-state index contributed by atoms with van der Waals surface area (Å²) < 4.78 is 20.0. The molecule has 0 aliphatic carbocycles. The van der Waals surface area contributed by atoms with Crippen molar-refractivity contribution in [3.05, 3.63) is 65.1 Å². The zero-order valence-electron chi connectivity index (χ0n) is 24.3. The van der Waals surface area contributed by atoms with E-state index in [1.54, 1.807) is 0 Å². The zero-order chi connectivity index (χ0) is 30.1. The molecule has 9 nitrogen and oxygen atoms in total. The van der Waals surface area contributed by atoms with E-state index in [4.69, 9.17) is 26.3 Å². The van der Waals surface area contributed by atoms with Crippen LogP contribution in [0.4, 0.5) is 15.9 Å². The summed E-state index contributed by atoms with van der Waals surface area (Å²) in [7, 11) is 2.11. The predicted molar refractivity (Wildman–Crippen MR) is 165 cm³/mol. The zero-order valence-corrected chi connectivity index (χ0v) is 25.1. The van der Waals surface area contributed by atoms with Crippen LogP contribution in [0.25, 0.3) is 10.8 Å². The number of halogens is 2. The Morgan fingerprint density at radius 3 is 2.70 bits per heavy atom. The van der Waals surface area contributed by atoms with Crippen LogP contribution in [0.1, 0.15) is 24.1 Å². The number of amides is 1. The number of hydrogen-bond acceptors (Lipinski definition) is 8. The minimum Gasteiger partial charge on any atom is -0.463 e. The number of anilines is 2. The van der Waals surface area contributed by atoms with Gasteiger partial charge in [0.05, 0.1) is 42.4 Å². The summed E-state index contributed by atoms with van der Waals surface area (Å²) in [4.78, 5) is 30.4. The molecule has 4 heterocycles. The number of ether oxygens (including phenoxy) is 1. The second kappa shape index (κ2) is 12.3. The van der Waals surface area contributed by atoms with Crippen LogP contribution in [0.5, 0.6) is 6.01 Å². The second-order valence-electron chi connectivity index (χ2n) is 11.6. The molecule has 3 aromatic rings. The maximum Gasteiger partial charge on any atom is 0.318 e. The SMILES string of the molecule is C=C(F)C(=O)N1CCN(c2nc(OCC3CCN(C)C3)nc3c2CCN(c2cccc4cccc(Cl)c24)C3)C[C@@H]1CC#N. The molecular formula is C32H35ClFN7O2. The van der Waals surface area contributed by atoms with Crippen LogP contribution in [-0.4, -0.2) is 84.6 Å². The topological polar surface area (TPSA) is 88.8 Å². The van der Waals surface area contributed by atoms with Gasteiger partial charge in [-0.2, -0.15) is 15.2 Å². The minimum absolute atomic E-state index is 0.0803. The van der Waals surface area contributed by atoms with Crippen molar-refractivity contribution in [2.45, 2.75) is 31.8 Å². The third kappa shape index (κ3) is 5.97. The van der Waals surface area contributed by atoms with Gasteiger partial charge in [-0.05, 0) is 44.0 Å². The van der Waals surface area contributed by atoms with Crippen molar-refractivity contribution < 1.29 is 13.9 Å². The summed E-state index contributed by atoms with van der Waals surface area (Å²) in [5.41, 5.74) is 2.96. The molecule has 0 radical (unpaired) electrons. The molecule has 2 fully saturated rings. The fourth-order valence-corrected chi connectivity index (χ4v) is 6.84. The Morgan fingerprint density at radius 1 is 1.14 bits per heavy atom. The summed E-state index contributed by atoms with van der Waals surface area (Å²) >= 11 is 6.68. The molecule has 0 saturated carbocycles. The Labute approximate surface area is 256 Å². The molecular weight excluding hydrogens is 569 g/mol. The molecule has 2 atom stereocenters. The lowest BCUT2D eigenvalue weighted by molar-refractivity contribution is -0.131. The fraction of sp³-hybridized carbons (Fsp3) is 0.438. The fourth-order valence-electron chi connectivity index (χ4n) is 6.57. The second-order valence-corrected chi connectivity index (χ2v) is 12.0. The molecule has 11 heteroatoms. The maximum atomic E-state index is 13.8. The van der Waals surface area contributed by atoms with Crippen LogP contribution in [0.3, 0.4) is 0 Å². The van der Waals surface area contributed by atoms with Crippen LogP contribution in [-0.2, 0) is 17.8 Å². The molecule has 0 N–H and O–H groups in total. The van der Waals surface area contributed by atoms with E-state index in [-0.39, 0.29) is 13.0 Å². The van der Waals surface area contributed by atoms with Gasteiger partial charge in [-0.3, -0.25) is 4.79 Å². The summed E-state index contributed by atoms with van der Waals surface area (Å²) in [6.07, 6.45) is 1.84. The minimum atomic E-state index is -1.02. The molecule has 1 unspecified atom stereocenters. The normalized spacial score (nSPS) is 20.7. The van der Waals surface area contributed by atoms with Crippen LogP contribution < -0.4 is 14.5 Å². The van der Waals surface area contributed by atoms with Crippen LogP contribution >= 0.6 is 11.6 Å². The van der Waals surface area contributed by atoms with Crippen molar-refractivity contribution in [1.82, 2.24) is 19.8 Å². The average molecular weight is 604 g/mol. The van der Waals surface area contributed by atoms with E-state index >= 15 is 0 Å². The summed E-state index contributed by atoms with van der Waals surface area (Å²) in [5.74, 6) is -0.615. The standard InChI is InChI=1S/C32H35ClFN7O2/c1-21(34)31(42)41-16-15-40(18-24(41)9-12-35)30-25-11-14-39(28-8-4-6-23-5-3-7-26(33)29(23)28)19-27(25)36-32(37-30)43-20-22-10-13-38(2)17-22/h3-8,22,24H,1,9-11,13-20H2,2H3/t22?,24-/m0/s1. The highest BCUT2D eigenvalue weighted by Gasteiger charge is 2.35. The van der Waals surface area contributed by atoms with E-state index in [0.29, 0.717) is 49.6 Å². The summed E-state index contributed by atoms with van der Waals surface area (Å²) in [6.45, 7) is 8.08. The van der Waals surface area contributed by atoms with Crippen LogP contribution in [0, 0.1) is 17.2 Å². The van der Waals surface area contributed by atoms with E-state index in [9.17, 15) is 14.4 Å². The smallest absolute Gasteiger partial charge is 0.318 e. The van der Waals surface area contributed by atoms with Gasteiger partial charge < -0.3 is 24.3 Å². The summed E-state index contributed by atoms with van der Waals surface area (Å²) in [6, 6.07) is 14.1. The van der Waals surface area contributed by atoms with E-state index in [1.165, 1.54) is 4.90 Å². The van der Waals surface area contributed by atoms with E-state index < -0.39 is 17.8 Å². The molecule has 1 amide bonds. The number of hydrogen-bond donors (Lipinski definition) is 0. The predicted octanol–water partition coefficient (Wildman–Crippen LogP) is 4.59. The highest BCUT2D eigenvalue weighted by Crippen LogP contribution is 2.37. The number of benzene rings is 2. The van der Waals surface area contributed by atoms with Gasteiger partial charge in [0.15, 0.2) is 5.83 Å². The molecule has 0 spiro atoms. The van der Waals surface area contributed by atoms with Crippen molar-refractivity contribution in [1.29, 1.82) is 5.26 Å². The quantitative estimate of drug-likeness (QED) is 0.362. The molecule has 6 rings (SSSR count). The van der Waals surface area contributed by atoms with Gasteiger partial charge in [0.1, 0.15) is 5.82 Å². The Morgan fingerprint density at radius 2 is 1.95 bits per heavy atom. The van der Waals surface area contributed by atoms with Gasteiger partial charge >= 0.3 is 6.01 Å². The highest BCUT2D eigenvalue weighted by molar-refractivity contribution is 6.36. The van der Waals surface area contributed by atoms with Gasteiger partial charge in [0, 0.05) is 55.3 Å². The monoisotopic (exact) mass is 603 g/mol. The Bertz CT molecular complexity index is 1590. The first kappa shape index (κ1) is 29.1. The number of carbonyl (C=O) groups excluding carboxylic acids is 1. The third-order valence-electron chi connectivity index (χ3n) is 8.73. The number of nitriles is 1. The van der Waals surface area contributed by atoms with Gasteiger partial charge in [-0.1, -0.05) is 42.4 Å². The van der Waals surface area contributed by atoms with Gasteiger partial charge in [0.25, 0.3) is 5.91 Å². The molecule has 2 aromatic carbocycles. The molecule has 224 valence electrons. The molecule has 1 aromatic heterocycles. The number of likely N-dealkylation sites (tertiary alicyclic amines) is 1. The molecule has 2 saturated heterocycles. The van der Waals surface area contributed by atoms with Gasteiger partial charge in [-0.15, -0.1) is 0 Å². The number of aromatic nitrogens is 2. The van der Waals surface area contributed by atoms with E-state index in [0.717, 1.165) is 59.6 Å². The number of fused-ring (bicyclic) bond motifs is 2. The lowest BCUT2D eigenvalue weighted by Crippen LogP contribution is -2.55. The largest absolute Gasteiger partial charge is 0.463 e. The van der Waals surface area contributed by atoms with Gasteiger partial charge in [0.2, 0.25) is 0 Å². The molecule has 3 aliphatic heterocycles. The van der Waals surface area contributed by atoms with E-state index in [1.807, 2.05) is 18.2 Å². The number of piperazine rings is 1. The van der Waals surface area contributed by atoms with Crippen molar-refractivity contribution in [2.24, 2.45) is 5.92 Å². The molecule has 3 aliphatic rings. The first-order valence-electron chi connectivity index (χ1n) is 14.7. The first-order chi connectivity index (χ1) is 20.8. The number of nitrogens with zero attached hydrogens (tertiary/aromatic N) is 7. The van der Waals surface area contributed by atoms with Crippen molar-refractivity contribution in [3.63, 3.8) is 0 Å². The Balaban J connectivity index is 1.33. The Kier molecular flexibility index (Phi) is 8.37. The highest BCUT2D eigenvalue weighted by atomic mass is 35.5. The Hall–Kier alpha value is -3.94. The first-order valence-corrected chi connectivity index (χ1v) is 15.1. The maximum absolute atomic E-state index is 13.8. The van der Waals surface area contributed by atoms with Crippen molar-refractivity contribution in [2.75, 3.05) is 62.7 Å². The number of rotatable bonds is 7. The van der Waals surface area contributed by atoms with Crippen LogP contribution in [0.2, 0.25) is 5.02 Å². The van der Waals surface area contributed by atoms with Crippen molar-refractivity contribution >= 4 is 39.8 Å². The number of carbonyl (C=O) groups is 1. The lowest BCUT2D eigenvalue weighted by Gasteiger charge is -2.42. The summed E-state index contributed by atoms with van der Waals surface area (Å²) in [5, 5.41) is 12.3. The molecule has 0 bridgehead atoms. The lowest BCUT2D eigenvalue weighted by atomic mass is 10.0. The molecule has 43 heavy (non-hydrogen) atoms. The third-order valence-corrected chi connectivity index (χ3v) is 9.05. The average Bonchev–Trinajstić information content (AvgIpc) is 3.43. The van der Waals surface area contributed by atoms with Crippen molar-refractivity contribution in [3.8, 4) is 12.1 Å². The van der Waals surface area contributed by atoms with Crippen LogP contribution in [0.15, 0.2) is 48.8 Å². The van der Waals surface area contributed by atoms with Gasteiger partial charge in [-0.25, -0.2) is 4.39 Å². The van der Waals surface area contributed by atoms with E-state index in [2.05, 4.69) is 52.6 Å².